The van der Waals surface area contributed by atoms with Gasteiger partial charge in [-0.25, -0.2) is 0 Å². The first-order chi connectivity index (χ1) is 7.31. The van der Waals surface area contributed by atoms with Crippen molar-refractivity contribution in [2.24, 2.45) is 5.92 Å². The van der Waals surface area contributed by atoms with Crippen molar-refractivity contribution < 1.29 is 4.74 Å². The average molecular weight is 226 g/mol. The minimum Gasteiger partial charge on any atom is -0.380 e. The summed E-state index contributed by atoms with van der Waals surface area (Å²) in [6, 6.07) is 8.03. The average Bonchev–Trinajstić information content (AvgIpc) is 2.69. The predicted octanol–water partition coefficient (Wildman–Crippen LogP) is 2.12. The topological polar surface area (TPSA) is 21.3 Å². The van der Waals surface area contributed by atoms with E-state index < -0.39 is 0 Å². The van der Waals surface area contributed by atoms with E-state index in [0.717, 1.165) is 24.5 Å². The van der Waals surface area contributed by atoms with Crippen LogP contribution in [0.1, 0.15) is 5.56 Å². The third kappa shape index (κ3) is 2.51. The first-order valence-electron chi connectivity index (χ1n) is 5.28. The summed E-state index contributed by atoms with van der Waals surface area (Å²) in [7, 11) is 1.78. The molecule has 0 spiro atoms. The molecule has 2 atom stereocenters. The Balaban J connectivity index is 2.05. The Bertz CT molecular complexity index is 329. The molecule has 82 valence electrons. The third-order valence-electron chi connectivity index (χ3n) is 3.02. The lowest BCUT2D eigenvalue weighted by Crippen LogP contribution is -2.22. The molecule has 15 heavy (non-hydrogen) atoms. The largest absolute Gasteiger partial charge is 0.380 e. The molecular weight excluding hydrogens is 210 g/mol. The second-order valence-electron chi connectivity index (χ2n) is 3.99. The van der Waals surface area contributed by atoms with Crippen LogP contribution in [-0.2, 0) is 11.2 Å². The van der Waals surface area contributed by atoms with Gasteiger partial charge >= 0.3 is 0 Å². The van der Waals surface area contributed by atoms with Crippen LogP contribution in [0, 0.1) is 5.92 Å². The van der Waals surface area contributed by atoms with Gasteiger partial charge in [0.05, 0.1) is 6.10 Å². The van der Waals surface area contributed by atoms with E-state index in [9.17, 15) is 0 Å². The number of hydrogen-bond donors (Lipinski definition) is 1. The van der Waals surface area contributed by atoms with Crippen LogP contribution in [0.2, 0.25) is 5.02 Å². The Morgan fingerprint density at radius 1 is 1.40 bits per heavy atom. The molecule has 1 aromatic rings. The van der Waals surface area contributed by atoms with Crippen LogP contribution in [0.3, 0.4) is 0 Å². The van der Waals surface area contributed by atoms with E-state index in [2.05, 4.69) is 11.4 Å². The number of nitrogens with one attached hydrogen (secondary N) is 1. The quantitative estimate of drug-likeness (QED) is 0.851. The lowest BCUT2D eigenvalue weighted by Gasteiger charge is -2.17. The first kappa shape index (κ1) is 10.9. The minimum atomic E-state index is 0.321. The summed E-state index contributed by atoms with van der Waals surface area (Å²) in [4.78, 5) is 0. The number of hydrogen-bond acceptors (Lipinski definition) is 2. The van der Waals surface area contributed by atoms with Gasteiger partial charge in [0.2, 0.25) is 0 Å². The summed E-state index contributed by atoms with van der Waals surface area (Å²) >= 11 is 6.13. The van der Waals surface area contributed by atoms with Crippen molar-refractivity contribution in [2.45, 2.75) is 12.5 Å². The van der Waals surface area contributed by atoms with Crippen LogP contribution in [0.4, 0.5) is 0 Å². The first-order valence-corrected chi connectivity index (χ1v) is 5.66. The third-order valence-corrected chi connectivity index (χ3v) is 3.39. The van der Waals surface area contributed by atoms with E-state index >= 15 is 0 Å². The zero-order valence-electron chi connectivity index (χ0n) is 8.87. The summed E-state index contributed by atoms with van der Waals surface area (Å²) in [6.07, 6.45) is 1.31. The van der Waals surface area contributed by atoms with Crippen LogP contribution >= 0.6 is 11.6 Å². The molecule has 1 aliphatic rings. The van der Waals surface area contributed by atoms with Crippen molar-refractivity contribution in [3.8, 4) is 0 Å². The normalized spacial score (nSPS) is 25.7. The fourth-order valence-electron chi connectivity index (χ4n) is 2.13. The highest BCUT2D eigenvalue weighted by Crippen LogP contribution is 2.23. The van der Waals surface area contributed by atoms with Gasteiger partial charge in [-0.2, -0.15) is 0 Å². The van der Waals surface area contributed by atoms with E-state index in [1.54, 1.807) is 7.11 Å². The second-order valence-corrected chi connectivity index (χ2v) is 4.40. The van der Waals surface area contributed by atoms with Crippen LogP contribution in [-0.4, -0.2) is 26.3 Å². The second kappa shape index (κ2) is 4.97. The molecule has 0 aromatic heterocycles. The molecule has 0 radical (unpaired) electrons. The Morgan fingerprint density at radius 2 is 2.20 bits per heavy atom. The highest BCUT2D eigenvalue weighted by molar-refractivity contribution is 6.31. The Hall–Kier alpha value is -0.570. The number of ether oxygens (including phenoxy) is 1. The van der Waals surface area contributed by atoms with Crippen molar-refractivity contribution in [2.75, 3.05) is 20.2 Å². The van der Waals surface area contributed by atoms with Crippen molar-refractivity contribution in [1.82, 2.24) is 5.32 Å². The molecule has 2 rings (SSSR count). The molecular formula is C12H16ClNO. The van der Waals surface area contributed by atoms with E-state index in [1.807, 2.05) is 18.2 Å². The van der Waals surface area contributed by atoms with E-state index in [0.29, 0.717) is 12.0 Å². The van der Waals surface area contributed by atoms with Gasteiger partial charge in [-0.1, -0.05) is 29.8 Å². The van der Waals surface area contributed by atoms with Crippen LogP contribution in [0.5, 0.6) is 0 Å². The number of rotatable bonds is 3. The Kier molecular flexibility index (Phi) is 3.62. The fourth-order valence-corrected chi connectivity index (χ4v) is 2.35. The lowest BCUT2D eigenvalue weighted by atomic mass is 9.96. The molecule has 1 N–H and O–H groups in total. The number of halogens is 1. The summed E-state index contributed by atoms with van der Waals surface area (Å²) in [5, 5.41) is 4.21. The highest BCUT2D eigenvalue weighted by Gasteiger charge is 2.27. The van der Waals surface area contributed by atoms with Gasteiger partial charge in [0.1, 0.15) is 0 Å². The monoisotopic (exact) mass is 225 g/mol. The fraction of sp³-hybridized carbons (Fsp3) is 0.500. The van der Waals surface area contributed by atoms with Crippen LogP contribution < -0.4 is 5.32 Å². The molecule has 0 amide bonds. The van der Waals surface area contributed by atoms with Gasteiger partial charge in [-0.05, 0) is 18.1 Å². The van der Waals surface area contributed by atoms with E-state index in [1.165, 1.54) is 5.56 Å². The van der Waals surface area contributed by atoms with Crippen LogP contribution in [0.15, 0.2) is 24.3 Å². The molecule has 3 heteroatoms. The van der Waals surface area contributed by atoms with E-state index in [4.69, 9.17) is 16.3 Å². The molecule has 0 bridgehead atoms. The zero-order valence-corrected chi connectivity index (χ0v) is 9.63. The van der Waals surface area contributed by atoms with Gasteiger partial charge < -0.3 is 10.1 Å². The zero-order chi connectivity index (χ0) is 10.7. The molecule has 1 aliphatic heterocycles. The smallest absolute Gasteiger partial charge is 0.0739 e. The van der Waals surface area contributed by atoms with Gasteiger partial charge in [-0.3, -0.25) is 0 Å². The van der Waals surface area contributed by atoms with E-state index in [-0.39, 0.29) is 0 Å². The maximum absolute atomic E-state index is 6.13. The molecule has 0 aliphatic carbocycles. The SMILES string of the molecule is COC1CNCC1Cc1ccccc1Cl. The Labute approximate surface area is 95.6 Å². The maximum Gasteiger partial charge on any atom is 0.0739 e. The van der Waals surface area contributed by atoms with Crippen molar-refractivity contribution in [3.05, 3.63) is 34.9 Å². The summed E-state index contributed by atoms with van der Waals surface area (Å²) in [5.41, 5.74) is 1.22. The number of benzene rings is 1. The standard InChI is InChI=1S/C12H16ClNO/c1-15-12-8-14-7-10(12)6-9-4-2-3-5-11(9)13/h2-5,10,12,14H,6-8H2,1H3. The van der Waals surface area contributed by atoms with Crippen molar-refractivity contribution in [1.29, 1.82) is 0 Å². The molecule has 1 saturated heterocycles. The number of methoxy groups -OCH3 is 1. The maximum atomic E-state index is 6.13. The molecule has 0 saturated carbocycles. The van der Waals surface area contributed by atoms with Gasteiger partial charge in [0.15, 0.2) is 0 Å². The van der Waals surface area contributed by atoms with Crippen molar-refractivity contribution in [3.63, 3.8) is 0 Å². The molecule has 2 unspecified atom stereocenters. The van der Waals surface area contributed by atoms with Gasteiger partial charge in [-0.15, -0.1) is 0 Å². The summed E-state index contributed by atoms with van der Waals surface area (Å²) in [5.74, 6) is 0.537. The molecule has 2 nitrogen and oxygen atoms in total. The Morgan fingerprint density at radius 3 is 2.93 bits per heavy atom. The molecule has 1 aromatic carbocycles. The summed E-state index contributed by atoms with van der Waals surface area (Å²) in [6.45, 7) is 1.97. The van der Waals surface area contributed by atoms with Crippen LogP contribution in [0.25, 0.3) is 0 Å². The van der Waals surface area contributed by atoms with Gasteiger partial charge in [0, 0.05) is 31.1 Å². The summed E-state index contributed by atoms with van der Waals surface area (Å²) < 4.78 is 5.43. The highest BCUT2D eigenvalue weighted by atomic mass is 35.5. The van der Waals surface area contributed by atoms with Gasteiger partial charge in [0.25, 0.3) is 0 Å². The lowest BCUT2D eigenvalue weighted by molar-refractivity contribution is 0.0832. The minimum absolute atomic E-state index is 0.321. The molecule has 1 fully saturated rings. The predicted molar refractivity (Wildman–Crippen MR) is 62.3 cm³/mol. The van der Waals surface area contributed by atoms with Crippen molar-refractivity contribution >= 4 is 11.6 Å². The molecule has 1 heterocycles.